The van der Waals surface area contributed by atoms with Crippen LogP contribution < -0.4 is 4.72 Å². The van der Waals surface area contributed by atoms with Gasteiger partial charge >= 0.3 is 0 Å². The number of pyridine rings is 2. The summed E-state index contributed by atoms with van der Waals surface area (Å²) >= 11 is 0. The molecule has 0 saturated heterocycles. The molecule has 0 radical (unpaired) electrons. The van der Waals surface area contributed by atoms with Gasteiger partial charge in [0, 0.05) is 45.2 Å². The minimum Gasteiger partial charge on any atom is -0.311 e. The van der Waals surface area contributed by atoms with Crippen LogP contribution in [0.4, 0.5) is 5.69 Å². The smallest absolute Gasteiger partial charge is 0.116 e. The molecule has 3 aromatic heterocycles. The van der Waals surface area contributed by atoms with Crippen molar-refractivity contribution in [1.82, 2.24) is 19.9 Å². The minimum absolute atomic E-state index is 0.657. The van der Waals surface area contributed by atoms with E-state index < -0.39 is 9.71 Å². The molecule has 0 spiro atoms. The van der Waals surface area contributed by atoms with E-state index in [-0.39, 0.29) is 0 Å². The molecule has 148 valence electrons. The molecule has 6 nitrogen and oxygen atoms in total. The molecule has 1 atom stereocenters. The van der Waals surface area contributed by atoms with E-state index in [2.05, 4.69) is 42.4 Å². The van der Waals surface area contributed by atoms with E-state index >= 15 is 0 Å². The predicted octanol–water partition coefficient (Wildman–Crippen LogP) is 3.19. The van der Waals surface area contributed by atoms with Crippen LogP contribution in [0.5, 0.6) is 0 Å². The molecular weight excluding hydrogens is 382 g/mol. The molecule has 0 amide bonds. The number of anilines is 1. The fourth-order valence-electron chi connectivity index (χ4n) is 2.81. The first-order valence-electron chi connectivity index (χ1n) is 9.12. The molecule has 3 rings (SSSR count). The largest absolute Gasteiger partial charge is 0.311 e. The van der Waals surface area contributed by atoms with E-state index in [0.29, 0.717) is 11.3 Å². The van der Waals surface area contributed by atoms with E-state index in [0.717, 1.165) is 40.3 Å². The first-order valence-corrected chi connectivity index (χ1v) is 11.3. The third kappa shape index (κ3) is 5.18. The highest BCUT2D eigenvalue weighted by Crippen LogP contribution is 2.23. The zero-order chi connectivity index (χ0) is 21.0. The molecule has 3 heterocycles. The van der Waals surface area contributed by atoms with Crippen molar-refractivity contribution in [3.05, 3.63) is 65.1 Å². The van der Waals surface area contributed by atoms with Crippen molar-refractivity contribution in [3.63, 3.8) is 0 Å². The molecular formula is C22H23N5OS. The molecule has 0 aliphatic carbocycles. The lowest BCUT2D eigenvalue weighted by molar-refractivity contribution is 0.688. The molecule has 0 saturated carbocycles. The van der Waals surface area contributed by atoms with Crippen molar-refractivity contribution in [2.75, 3.05) is 11.0 Å². The van der Waals surface area contributed by atoms with Gasteiger partial charge in [-0.15, -0.1) is 0 Å². The third-order valence-corrected chi connectivity index (χ3v) is 4.83. The second-order valence-corrected chi connectivity index (χ2v) is 9.01. The van der Waals surface area contributed by atoms with Gasteiger partial charge < -0.3 is 4.72 Å². The summed E-state index contributed by atoms with van der Waals surface area (Å²) in [6.07, 6.45) is 7.31. The SMILES string of the molecule is C=S(C)(=O)Nc1cc(C#Cc2c(CC)ncnc2-c2ccnc(C)c2)cnc1C. The maximum atomic E-state index is 12.0. The topological polar surface area (TPSA) is 80.7 Å². The number of nitrogens with zero attached hydrogens (tertiary/aromatic N) is 4. The maximum absolute atomic E-state index is 12.0. The Bertz CT molecular complexity index is 1220. The fourth-order valence-corrected chi connectivity index (χ4v) is 3.48. The van der Waals surface area contributed by atoms with E-state index in [1.807, 2.05) is 39.0 Å². The van der Waals surface area contributed by atoms with Crippen LogP contribution in [0.15, 0.2) is 36.9 Å². The Kier molecular flexibility index (Phi) is 5.95. The van der Waals surface area contributed by atoms with Crippen LogP contribution >= 0.6 is 0 Å². The summed E-state index contributed by atoms with van der Waals surface area (Å²) in [6.45, 7) is 5.82. The number of aromatic nitrogens is 4. The minimum atomic E-state index is -2.41. The van der Waals surface area contributed by atoms with E-state index in [9.17, 15) is 4.21 Å². The van der Waals surface area contributed by atoms with Gasteiger partial charge in [-0.2, -0.15) is 0 Å². The van der Waals surface area contributed by atoms with E-state index in [1.54, 1.807) is 25.0 Å². The van der Waals surface area contributed by atoms with Gasteiger partial charge in [-0.25, -0.2) is 14.2 Å². The van der Waals surface area contributed by atoms with Gasteiger partial charge in [-0.05, 0) is 44.3 Å². The van der Waals surface area contributed by atoms with Crippen LogP contribution in [0.2, 0.25) is 0 Å². The monoisotopic (exact) mass is 405 g/mol. The summed E-state index contributed by atoms with van der Waals surface area (Å²) in [5.74, 6) is 10.0. The van der Waals surface area contributed by atoms with Crippen LogP contribution in [0.3, 0.4) is 0 Å². The molecule has 3 aromatic rings. The first kappa shape index (κ1) is 20.5. The van der Waals surface area contributed by atoms with Crippen LogP contribution in [0.25, 0.3) is 11.3 Å². The highest BCUT2D eigenvalue weighted by Gasteiger charge is 2.11. The van der Waals surface area contributed by atoms with Gasteiger partial charge in [0.25, 0.3) is 0 Å². The summed E-state index contributed by atoms with van der Waals surface area (Å²) in [4.78, 5) is 17.5. The zero-order valence-electron chi connectivity index (χ0n) is 17.0. The number of aryl methyl sites for hydroxylation is 3. The summed E-state index contributed by atoms with van der Waals surface area (Å²) < 4.78 is 14.9. The quantitative estimate of drug-likeness (QED) is 0.533. The standard InChI is InChI=1S/C22H23N5OS/c1-6-20-19(22(26-14-25-20)18-9-10-23-15(2)11-18)8-7-17-12-21(16(3)24-13-17)27-29(4,5)28/h9-14H,4,6H2,1-3,5H3,(H,27,28). The Morgan fingerprint density at radius 1 is 1.14 bits per heavy atom. The van der Waals surface area contributed by atoms with Crippen molar-refractivity contribution >= 4 is 21.3 Å². The lowest BCUT2D eigenvalue weighted by atomic mass is 10.0. The Labute approximate surface area is 172 Å². The van der Waals surface area contributed by atoms with Crippen molar-refractivity contribution in [3.8, 4) is 23.1 Å². The summed E-state index contributed by atoms with van der Waals surface area (Å²) in [5.41, 5.74) is 6.39. The van der Waals surface area contributed by atoms with E-state index in [1.165, 1.54) is 0 Å². The summed E-state index contributed by atoms with van der Waals surface area (Å²) in [7, 11) is -2.41. The first-order chi connectivity index (χ1) is 13.8. The van der Waals surface area contributed by atoms with Gasteiger partial charge in [0.05, 0.1) is 28.3 Å². The molecule has 0 aliphatic heterocycles. The Morgan fingerprint density at radius 3 is 2.62 bits per heavy atom. The second-order valence-electron chi connectivity index (χ2n) is 6.80. The maximum Gasteiger partial charge on any atom is 0.116 e. The number of rotatable bonds is 4. The van der Waals surface area contributed by atoms with Gasteiger partial charge in [0.1, 0.15) is 6.33 Å². The number of hydrogen-bond acceptors (Lipinski definition) is 5. The predicted molar refractivity (Wildman–Crippen MR) is 119 cm³/mol. The Balaban J connectivity index is 2.08. The van der Waals surface area contributed by atoms with Gasteiger partial charge in [0.15, 0.2) is 0 Å². The number of nitrogens with one attached hydrogen (secondary N) is 1. The van der Waals surface area contributed by atoms with E-state index in [4.69, 9.17) is 0 Å². The molecule has 1 unspecified atom stereocenters. The molecule has 0 aliphatic rings. The van der Waals surface area contributed by atoms with Crippen LogP contribution in [-0.2, 0) is 16.1 Å². The molecule has 0 fully saturated rings. The lowest BCUT2D eigenvalue weighted by Crippen LogP contribution is -2.11. The Hall–Kier alpha value is -3.24. The highest BCUT2D eigenvalue weighted by atomic mass is 32.2. The van der Waals surface area contributed by atoms with Gasteiger partial charge in [-0.3, -0.25) is 9.97 Å². The van der Waals surface area contributed by atoms with Crippen molar-refractivity contribution < 1.29 is 4.21 Å². The van der Waals surface area contributed by atoms with Crippen molar-refractivity contribution in [2.45, 2.75) is 27.2 Å². The molecule has 0 bridgehead atoms. The Morgan fingerprint density at radius 2 is 1.93 bits per heavy atom. The number of hydrogen-bond donors (Lipinski definition) is 1. The zero-order valence-corrected chi connectivity index (χ0v) is 17.8. The second kappa shape index (κ2) is 8.41. The average molecular weight is 406 g/mol. The third-order valence-electron chi connectivity index (χ3n) is 4.18. The molecule has 7 heteroatoms. The van der Waals surface area contributed by atoms with Crippen molar-refractivity contribution in [1.29, 1.82) is 0 Å². The molecule has 1 N–H and O–H groups in total. The normalized spacial score (nSPS) is 12.6. The van der Waals surface area contributed by atoms with Gasteiger partial charge in [-0.1, -0.05) is 18.8 Å². The summed E-state index contributed by atoms with van der Waals surface area (Å²) in [5, 5.41) is 0. The fraction of sp³-hybridized carbons (Fsp3) is 0.227. The lowest BCUT2D eigenvalue weighted by Gasteiger charge is -2.10. The van der Waals surface area contributed by atoms with Crippen LogP contribution in [0, 0.1) is 25.7 Å². The average Bonchev–Trinajstić information content (AvgIpc) is 2.67. The van der Waals surface area contributed by atoms with Crippen LogP contribution in [0.1, 0.15) is 35.1 Å². The molecule has 0 aromatic carbocycles. The van der Waals surface area contributed by atoms with Crippen molar-refractivity contribution in [2.24, 2.45) is 0 Å². The highest BCUT2D eigenvalue weighted by molar-refractivity contribution is 8.00. The van der Waals surface area contributed by atoms with Crippen LogP contribution in [-0.4, -0.2) is 36.3 Å². The van der Waals surface area contributed by atoms with Gasteiger partial charge in [0.2, 0.25) is 0 Å². The summed E-state index contributed by atoms with van der Waals surface area (Å²) in [6, 6.07) is 5.73. The molecule has 29 heavy (non-hydrogen) atoms.